The van der Waals surface area contributed by atoms with E-state index in [-0.39, 0.29) is 30.6 Å². The summed E-state index contributed by atoms with van der Waals surface area (Å²) in [7, 11) is 2.22. The van der Waals surface area contributed by atoms with Crippen molar-refractivity contribution in [2.75, 3.05) is 33.3 Å². The third-order valence-electron chi connectivity index (χ3n) is 5.11. The molecule has 0 bridgehead atoms. The van der Waals surface area contributed by atoms with Crippen molar-refractivity contribution in [2.24, 2.45) is 4.99 Å². The third kappa shape index (κ3) is 10.0. The highest BCUT2D eigenvalue weighted by atomic mass is 127. The molecule has 3 nitrogen and oxygen atoms in total. The summed E-state index contributed by atoms with van der Waals surface area (Å²) in [6.45, 7) is 5.41. The molecule has 0 radical (unpaired) electrons. The van der Waals surface area contributed by atoms with E-state index in [1.807, 2.05) is 0 Å². The summed E-state index contributed by atoms with van der Waals surface area (Å²) < 4.78 is 0.883. The maximum atomic E-state index is 9.20. The van der Waals surface area contributed by atoms with E-state index in [9.17, 15) is 5.11 Å². The van der Waals surface area contributed by atoms with Crippen LogP contribution in [0.1, 0.15) is 84.0 Å². The molecule has 0 amide bonds. The first-order valence-electron chi connectivity index (χ1n) is 9.72. The molecule has 0 aromatic rings. The van der Waals surface area contributed by atoms with Crippen LogP contribution in [0.2, 0.25) is 0 Å². The second-order valence-electron chi connectivity index (χ2n) is 7.15. The van der Waals surface area contributed by atoms with Crippen LogP contribution in [0.15, 0.2) is 4.99 Å². The zero-order valence-corrected chi connectivity index (χ0v) is 17.7. The Bertz CT molecular complexity index is 310. The molecule has 0 aromatic carbocycles. The van der Waals surface area contributed by atoms with Crippen LogP contribution in [0, 0.1) is 0 Å². The molecular weight excluding hydrogens is 399 g/mol. The van der Waals surface area contributed by atoms with E-state index in [1.54, 1.807) is 0 Å². The van der Waals surface area contributed by atoms with E-state index >= 15 is 0 Å². The van der Waals surface area contributed by atoms with E-state index in [0.717, 1.165) is 30.5 Å². The molecule has 0 saturated heterocycles. The summed E-state index contributed by atoms with van der Waals surface area (Å²) in [5, 5.41) is 9.20. The standard InChI is InChI=1S/C19H39N2O.HI/c1-3-4-5-6-7-8-9-10-11-12-13-14-19-20-15-16-21(19,2)17-18-22;/h22H,3-18H2,1-2H3;1H/q+1;/p-1. The fourth-order valence-corrected chi connectivity index (χ4v) is 3.46. The maximum absolute atomic E-state index is 9.20. The van der Waals surface area contributed by atoms with Gasteiger partial charge in [-0.1, -0.05) is 71.1 Å². The first-order chi connectivity index (χ1) is 10.7. The van der Waals surface area contributed by atoms with Crippen LogP contribution in [0.3, 0.4) is 0 Å². The molecule has 138 valence electrons. The van der Waals surface area contributed by atoms with Crippen molar-refractivity contribution in [1.29, 1.82) is 0 Å². The predicted octanol–water partition coefficient (Wildman–Crippen LogP) is 1.54. The summed E-state index contributed by atoms with van der Waals surface area (Å²) in [6.07, 6.45) is 16.5. The molecule has 1 heterocycles. The minimum absolute atomic E-state index is 0. The second kappa shape index (κ2) is 14.6. The Kier molecular flexibility index (Phi) is 14.8. The fraction of sp³-hybridized carbons (Fsp3) is 0.947. The molecule has 1 atom stereocenters. The Morgan fingerprint density at radius 2 is 1.43 bits per heavy atom. The van der Waals surface area contributed by atoms with E-state index in [0.29, 0.717) is 0 Å². The van der Waals surface area contributed by atoms with Gasteiger partial charge >= 0.3 is 0 Å². The summed E-state index contributed by atoms with van der Waals surface area (Å²) in [5.41, 5.74) is 0. The predicted molar refractivity (Wildman–Crippen MR) is 96.4 cm³/mol. The molecule has 0 saturated carbocycles. The molecule has 4 heteroatoms. The summed E-state index contributed by atoms with van der Waals surface area (Å²) in [4.78, 5) is 4.67. The Labute approximate surface area is 161 Å². The molecule has 1 aliphatic heterocycles. The lowest BCUT2D eigenvalue weighted by Gasteiger charge is -2.29. The van der Waals surface area contributed by atoms with Crippen molar-refractivity contribution in [2.45, 2.75) is 84.0 Å². The first-order valence-corrected chi connectivity index (χ1v) is 9.72. The van der Waals surface area contributed by atoms with Crippen molar-refractivity contribution in [3.8, 4) is 0 Å². The Balaban J connectivity index is 0.00000484. The Morgan fingerprint density at radius 1 is 0.913 bits per heavy atom. The van der Waals surface area contributed by atoms with Crippen LogP contribution in [0.4, 0.5) is 0 Å². The lowest BCUT2D eigenvalue weighted by atomic mass is 10.0. The van der Waals surface area contributed by atoms with E-state index in [2.05, 4.69) is 19.0 Å². The van der Waals surface area contributed by atoms with Crippen molar-refractivity contribution in [1.82, 2.24) is 0 Å². The minimum Gasteiger partial charge on any atom is -1.00 e. The number of hydrogen-bond donors (Lipinski definition) is 1. The van der Waals surface area contributed by atoms with Crippen LogP contribution in [0.25, 0.3) is 0 Å². The highest BCUT2D eigenvalue weighted by Crippen LogP contribution is 2.18. The van der Waals surface area contributed by atoms with Gasteiger partial charge < -0.3 is 29.1 Å². The number of aliphatic hydroxyl groups excluding tert-OH is 1. The lowest BCUT2D eigenvalue weighted by Crippen LogP contribution is -3.00. The normalized spacial score (nSPS) is 20.4. The maximum Gasteiger partial charge on any atom is 0.198 e. The van der Waals surface area contributed by atoms with Crippen molar-refractivity contribution in [3.63, 3.8) is 0 Å². The van der Waals surface area contributed by atoms with Gasteiger partial charge in [0.15, 0.2) is 5.84 Å². The summed E-state index contributed by atoms with van der Waals surface area (Å²) in [5.74, 6) is 1.32. The minimum atomic E-state index is 0. The number of quaternary nitrogens is 1. The number of rotatable bonds is 14. The number of amidine groups is 1. The van der Waals surface area contributed by atoms with Crippen LogP contribution >= 0.6 is 0 Å². The molecular formula is C19H39IN2O. The zero-order chi connectivity index (χ0) is 16.1. The van der Waals surface area contributed by atoms with Crippen molar-refractivity contribution >= 4 is 5.84 Å². The number of likely N-dealkylation sites (N-methyl/N-ethyl adjacent to an activating group) is 1. The van der Waals surface area contributed by atoms with Gasteiger partial charge in [-0.2, -0.15) is 0 Å². The average Bonchev–Trinajstić information content (AvgIpc) is 2.86. The Hall–Kier alpha value is 0.320. The van der Waals surface area contributed by atoms with Gasteiger partial charge in [0.05, 0.1) is 20.2 Å². The summed E-state index contributed by atoms with van der Waals surface area (Å²) >= 11 is 0. The SMILES string of the molecule is CCCCCCCCCCCCCC1=NCC[N+]1(C)CCO.[I-]. The number of aliphatic hydroxyl groups is 1. The van der Waals surface area contributed by atoms with Gasteiger partial charge in [0.2, 0.25) is 0 Å². The van der Waals surface area contributed by atoms with Gasteiger partial charge in [0.25, 0.3) is 0 Å². The van der Waals surface area contributed by atoms with Crippen LogP contribution in [-0.2, 0) is 0 Å². The molecule has 1 aliphatic rings. The van der Waals surface area contributed by atoms with E-state index in [4.69, 9.17) is 0 Å². The molecule has 0 spiro atoms. The van der Waals surface area contributed by atoms with Gasteiger partial charge in [-0.05, 0) is 6.42 Å². The molecule has 1 rings (SSSR count). The van der Waals surface area contributed by atoms with E-state index < -0.39 is 0 Å². The highest BCUT2D eigenvalue weighted by molar-refractivity contribution is 5.76. The van der Waals surface area contributed by atoms with E-state index in [1.165, 1.54) is 76.5 Å². The third-order valence-corrected chi connectivity index (χ3v) is 5.11. The number of aliphatic imine (C=N–C) groups is 1. The molecule has 0 fully saturated rings. The average molecular weight is 438 g/mol. The smallest absolute Gasteiger partial charge is 0.198 e. The monoisotopic (exact) mass is 438 g/mol. The first kappa shape index (κ1) is 23.3. The number of unbranched alkanes of at least 4 members (excludes halogenated alkanes) is 10. The molecule has 1 N–H and O–H groups in total. The van der Waals surface area contributed by atoms with Gasteiger partial charge in [0.1, 0.15) is 13.1 Å². The van der Waals surface area contributed by atoms with Gasteiger partial charge in [0, 0.05) is 6.42 Å². The number of nitrogens with zero attached hydrogens (tertiary/aromatic N) is 2. The summed E-state index contributed by atoms with van der Waals surface area (Å²) in [6, 6.07) is 0. The van der Waals surface area contributed by atoms with Crippen LogP contribution in [0.5, 0.6) is 0 Å². The Morgan fingerprint density at radius 3 is 1.96 bits per heavy atom. The highest BCUT2D eigenvalue weighted by Gasteiger charge is 2.32. The second-order valence-corrected chi connectivity index (χ2v) is 7.15. The number of halogens is 1. The largest absolute Gasteiger partial charge is 1.00 e. The quantitative estimate of drug-likeness (QED) is 0.249. The molecule has 1 unspecified atom stereocenters. The molecule has 23 heavy (non-hydrogen) atoms. The molecule has 0 aliphatic carbocycles. The van der Waals surface area contributed by atoms with Gasteiger partial charge in [-0.25, -0.2) is 4.99 Å². The van der Waals surface area contributed by atoms with Crippen molar-refractivity contribution in [3.05, 3.63) is 0 Å². The van der Waals surface area contributed by atoms with Crippen LogP contribution in [-0.4, -0.2) is 48.7 Å². The fourth-order valence-electron chi connectivity index (χ4n) is 3.46. The van der Waals surface area contributed by atoms with Crippen molar-refractivity contribution < 1.29 is 33.6 Å². The number of hydrogen-bond acceptors (Lipinski definition) is 2. The van der Waals surface area contributed by atoms with Crippen LogP contribution < -0.4 is 24.0 Å². The lowest BCUT2D eigenvalue weighted by molar-refractivity contribution is -0.815. The molecule has 0 aromatic heterocycles. The van der Waals surface area contributed by atoms with Gasteiger partial charge in [-0.3, -0.25) is 4.48 Å². The zero-order valence-electron chi connectivity index (χ0n) is 15.5. The van der Waals surface area contributed by atoms with Gasteiger partial charge in [-0.15, -0.1) is 0 Å². The topological polar surface area (TPSA) is 32.6 Å².